The van der Waals surface area contributed by atoms with Gasteiger partial charge in [0.1, 0.15) is 18.1 Å². The molecule has 0 fully saturated rings. The number of carbonyl (C=O) groups excluding carboxylic acids is 1. The quantitative estimate of drug-likeness (QED) is 0.489. The van der Waals surface area contributed by atoms with Gasteiger partial charge in [0.25, 0.3) is 5.91 Å². The first-order valence-electron chi connectivity index (χ1n) is 7.08. The predicted octanol–water partition coefficient (Wildman–Crippen LogP) is 3.11. The van der Waals surface area contributed by atoms with Crippen LogP contribution in [0.25, 0.3) is 0 Å². The molecule has 118 valence electrons. The van der Waals surface area contributed by atoms with Gasteiger partial charge in [0, 0.05) is 11.1 Å². The van der Waals surface area contributed by atoms with E-state index in [9.17, 15) is 9.90 Å². The van der Waals surface area contributed by atoms with Crippen molar-refractivity contribution in [3.8, 4) is 11.5 Å². The van der Waals surface area contributed by atoms with Gasteiger partial charge in [-0.25, -0.2) is 5.43 Å². The fourth-order valence-electron chi connectivity index (χ4n) is 1.85. The van der Waals surface area contributed by atoms with Crippen LogP contribution in [0.1, 0.15) is 22.8 Å². The zero-order valence-corrected chi connectivity index (χ0v) is 12.8. The first-order chi connectivity index (χ1) is 11.1. The Bertz CT molecular complexity index is 721. The molecule has 2 rings (SSSR count). The summed E-state index contributed by atoms with van der Waals surface area (Å²) in [5.74, 6) is 0.499. The van der Waals surface area contributed by atoms with Crippen molar-refractivity contribution in [3.05, 3.63) is 72.3 Å². The van der Waals surface area contributed by atoms with Crippen molar-refractivity contribution in [2.75, 3.05) is 6.61 Å². The van der Waals surface area contributed by atoms with Crippen molar-refractivity contribution in [3.63, 3.8) is 0 Å². The molecule has 2 aromatic carbocycles. The minimum Gasteiger partial charge on any atom is -0.508 e. The first kappa shape index (κ1) is 16.3. The van der Waals surface area contributed by atoms with E-state index in [2.05, 4.69) is 17.1 Å². The van der Waals surface area contributed by atoms with E-state index in [4.69, 9.17) is 4.74 Å². The SMILES string of the molecule is C=CCOc1ccc(C(=O)N/N=C(/C)c2cccc(O)c2)cc1. The molecule has 0 heterocycles. The van der Waals surface area contributed by atoms with Gasteiger partial charge in [-0.15, -0.1) is 0 Å². The van der Waals surface area contributed by atoms with Gasteiger partial charge in [-0.05, 0) is 43.3 Å². The molecule has 0 saturated heterocycles. The molecular formula is C18H18N2O3. The van der Waals surface area contributed by atoms with E-state index in [0.29, 0.717) is 23.6 Å². The number of aromatic hydroxyl groups is 1. The van der Waals surface area contributed by atoms with Crippen molar-refractivity contribution in [2.24, 2.45) is 5.10 Å². The van der Waals surface area contributed by atoms with Crippen LogP contribution in [0.2, 0.25) is 0 Å². The zero-order chi connectivity index (χ0) is 16.7. The molecule has 0 radical (unpaired) electrons. The lowest BCUT2D eigenvalue weighted by Crippen LogP contribution is -2.19. The average molecular weight is 310 g/mol. The number of phenols is 1. The molecule has 5 heteroatoms. The maximum Gasteiger partial charge on any atom is 0.271 e. The van der Waals surface area contributed by atoms with E-state index >= 15 is 0 Å². The van der Waals surface area contributed by atoms with Gasteiger partial charge in [0.2, 0.25) is 0 Å². The second-order valence-electron chi connectivity index (χ2n) is 4.81. The third-order valence-corrected chi connectivity index (χ3v) is 3.07. The number of nitrogens with zero attached hydrogens (tertiary/aromatic N) is 1. The Morgan fingerprint density at radius 2 is 2.00 bits per heavy atom. The highest BCUT2D eigenvalue weighted by molar-refractivity contribution is 6.01. The normalized spacial score (nSPS) is 10.9. The van der Waals surface area contributed by atoms with Crippen LogP contribution >= 0.6 is 0 Å². The third-order valence-electron chi connectivity index (χ3n) is 3.07. The summed E-state index contributed by atoms with van der Waals surface area (Å²) in [4.78, 5) is 12.0. The summed E-state index contributed by atoms with van der Waals surface area (Å²) in [6.07, 6.45) is 1.65. The van der Waals surface area contributed by atoms with Crippen LogP contribution in [-0.2, 0) is 0 Å². The molecule has 0 bridgehead atoms. The molecule has 0 aliphatic carbocycles. The van der Waals surface area contributed by atoms with Crippen molar-refractivity contribution >= 4 is 11.6 Å². The van der Waals surface area contributed by atoms with Crippen molar-refractivity contribution in [1.29, 1.82) is 0 Å². The Labute approximate surface area is 134 Å². The zero-order valence-electron chi connectivity index (χ0n) is 12.8. The van der Waals surface area contributed by atoms with Crippen LogP contribution < -0.4 is 10.2 Å². The van der Waals surface area contributed by atoms with Crippen LogP contribution in [0.5, 0.6) is 11.5 Å². The third kappa shape index (κ3) is 4.71. The molecule has 0 aliphatic heterocycles. The average Bonchev–Trinajstić information content (AvgIpc) is 2.58. The Morgan fingerprint density at radius 3 is 2.65 bits per heavy atom. The monoisotopic (exact) mass is 310 g/mol. The number of benzene rings is 2. The lowest BCUT2D eigenvalue weighted by Gasteiger charge is -2.05. The fraction of sp³-hybridized carbons (Fsp3) is 0.111. The van der Waals surface area contributed by atoms with E-state index in [1.165, 1.54) is 0 Å². The standard InChI is InChI=1S/C18H18N2O3/c1-3-11-23-17-9-7-14(8-10-17)18(22)20-19-13(2)15-5-4-6-16(21)12-15/h3-10,12,21H,1,11H2,2H3,(H,20,22)/b19-13-. The molecule has 0 unspecified atom stereocenters. The van der Waals surface area contributed by atoms with E-state index < -0.39 is 0 Å². The fourth-order valence-corrected chi connectivity index (χ4v) is 1.85. The molecule has 23 heavy (non-hydrogen) atoms. The summed E-state index contributed by atoms with van der Waals surface area (Å²) in [6, 6.07) is 13.4. The number of rotatable bonds is 6. The van der Waals surface area contributed by atoms with Gasteiger partial charge in [-0.3, -0.25) is 4.79 Å². The summed E-state index contributed by atoms with van der Waals surface area (Å²) in [5, 5.41) is 13.5. The minimum atomic E-state index is -0.320. The Hall–Kier alpha value is -3.08. The maximum absolute atomic E-state index is 12.0. The molecule has 5 nitrogen and oxygen atoms in total. The maximum atomic E-state index is 12.0. The molecule has 0 saturated carbocycles. The highest BCUT2D eigenvalue weighted by Crippen LogP contribution is 2.13. The second-order valence-corrected chi connectivity index (χ2v) is 4.81. The molecule has 0 spiro atoms. The molecule has 0 atom stereocenters. The van der Waals surface area contributed by atoms with Gasteiger partial charge >= 0.3 is 0 Å². The highest BCUT2D eigenvalue weighted by Gasteiger charge is 2.05. The van der Waals surface area contributed by atoms with Gasteiger partial charge in [-0.2, -0.15) is 5.10 Å². The first-order valence-corrected chi connectivity index (χ1v) is 7.08. The largest absolute Gasteiger partial charge is 0.508 e. The van der Waals surface area contributed by atoms with E-state index in [1.807, 2.05) is 0 Å². The van der Waals surface area contributed by atoms with Gasteiger partial charge in [0.05, 0.1) is 5.71 Å². The van der Waals surface area contributed by atoms with Gasteiger partial charge in [-0.1, -0.05) is 24.8 Å². The predicted molar refractivity (Wildman–Crippen MR) is 89.9 cm³/mol. The van der Waals surface area contributed by atoms with Crippen LogP contribution in [-0.4, -0.2) is 23.3 Å². The summed E-state index contributed by atoms with van der Waals surface area (Å²) in [7, 11) is 0. The van der Waals surface area contributed by atoms with E-state index in [-0.39, 0.29) is 11.7 Å². The number of carbonyl (C=O) groups is 1. The lowest BCUT2D eigenvalue weighted by molar-refractivity contribution is 0.0955. The number of hydrogen-bond donors (Lipinski definition) is 2. The summed E-state index contributed by atoms with van der Waals surface area (Å²) in [5.41, 5.74) is 4.30. The smallest absolute Gasteiger partial charge is 0.271 e. The number of nitrogens with one attached hydrogen (secondary N) is 1. The molecular weight excluding hydrogens is 292 g/mol. The van der Waals surface area contributed by atoms with Crippen LogP contribution in [0, 0.1) is 0 Å². The van der Waals surface area contributed by atoms with Crippen molar-refractivity contribution in [2.45, 2.75) is 6.92 Å². The molecule has 2 aromatic rings. The number of hydrazone groups is 1. The lowest BCUT2D eigenvalue weighted by atomic mass is 10.1. The number of amides is 1. The molecule has 0 aliphatic rings. The second kappa shape index (κ2) is 7.79. The molecule has 0 aromatic heterocycles. The van der Waals surface area contributed by atoms with Crippen molar-refractivity contribution < 1.29 is 14.6 Å². The van der Waals surface area contributed by atoms with Gasteiger partial charge in [0.15, 0.2) is 0 Å². The van der Waals surface area contributed by atoms with Crippen LogP contribution in [0.3, 0.4) is 0 Å². The van der Waals surface area contributed by atoms with Gasteiger partial charge < -0.3 is 9.84 Å². The summed E-state index contributed by atoms with van der Waals surface area (Å²) < 4.78 is 5.36. The van der Waals surface area contributed by atoms with Crippen molar-refractivity contribution in [1.82, 2.24) is 5.43 Å². The number of hydrogen-bond acceptors (Lipinski definition) is 4. The Kier molecular flexibility index (Phi) is 5.52. The Balaban J connectivity index is 2.01. The number of ether oxygens (including phenoxy) is 1. The van der Waals surface area contributed by atoms with E-state index in [0.717, 1.165) is 5.56 Å². The Morgan fingerprint density at radius 1 is 1.26 bits per heavy atom. The molecule has 2 N–H and O–H groups in total. The van der Waals surface area contributed by atoms with Crippen LogP contribution in [0.4, 0.5) is 0 Å². The topological polar surface area (TPSA) is 70.9 Å². The van der Waals surface area contributed by atoms with Crippen LogP contribution in [0.15, 0.2) is 66.3 Å². The number of phenolic OH excluding ortho intramolecular Hbond substituents is 1. The highest BCUT2D eigenvalue weighted by atomic mass is 16.5. The molecule has 1 amide bonds. The summed E-state index contributed by atoms with van der Waals surface area (Å²) >= 11 is 0. The minimum absolute atomic E-state index is 0.151. The summed E-state index contributed by atoms with van der Waals surface area (Å²) in [6.45, 7) is 5.74. The van der Waals surface area contributed by atoms with E-state index in [1.54, 1.807) is 61.5 Å².